The van der Waals surface area contributed by atoms with Crippen LogP contribution in [0.3, 0.4) is 0 Å². The summed E-state index contributed by atoms with van der Waals surface area (Å²) in [4.78, 5) is 29.4. The average Bonchev–Trinajstić information content (AvgIpc) is 2.97. The molecule has 25 heavy (non-hydrogen) atoms. The predicted molar refractivity (Wildman–Crippen MR) is 100 cm³/mol. The SMILES string of the molecule is Cc1csc(Sc2ccc(NC(=O)NC3CCCNC3=O)c(C)c2)n1. The molecule has 6 nitrogen and oxygen atoms in total. The molecule has 1 fully saturated rings. The number of hydrogen-bond acceptors (Lipinski definition) is 5. The van der Waals surface area contributed by atoms with E-state index < -0.39 is 6.04 Å². The lowest BCUT2D eigenvalue weighted by Gasteiger charge is -2.23. The summed E-state index contributed by atoms with van der Waals surface area (Å²) in [6.45, 7) is 4.60. The van der Waals surface area contributed by atoms with E-state index in [1.54, 1.807) is 23.1 Å². The second-order valence-corrected chi connectivity index (χ2v) is 8.10. The number of aryl methyl sites for hydroxylation is 2. The van der Waals surface area contributed by atoms with E-state index in [2.05, 4.69) is 20.9 Å². The smallest absolute Gasteiger partial charge is 0.319 e. The van der Waals surface area contributed by atoms with Crippen LogP contribution in [-0.4, -0.2) is 29.5 Å². The predicted octanol–water partition coefficient (Wildman–Crippen LogP) is 3.31. The minimum Gasteiger partial charge on any atom is -0.354 e. The lowest BCUT2D eigenvalue weighted by molar-refractivity contribution is -0.124. The first-order chi connectivity index (χ1) is 12.0. The molecule has 1 aromatic heterocycles. The van der Waals surface area contributed by atoms with Gasteiger partial charge in [-0.1, -0.05) is 11.8 Å². The van der Waals surface area contributed by atoms with Gasteiger partial charge in [0.05, 0.1) is 0 Å². The second-order valence-electron chi connectivity index (χ2n) is 5.92. The van der Waals surface area contributed by atoms with Crippen LogP contribution in [0.5, 0.6) is 0 Å². The maximum Gasteiger partial charge on any atom is 0.319 e. The van der Waals surface area contributed by atoms with Gasteiger partial charge in [0.1, 0.15) is 6.04 Å². The number of carbonyl (C=O) groups is 2. The third kappa shape index (κ3) is 4.73. The molecule has 1 saturated heterocycles. The Kier molecular flexibility index (Phi) is 5.60. The number of rotatable bonds is 4. The fraction of sp³-hybridized carbons (Fsp3) is 0.353. The number of thiazole rings is 1. The number of nitrogens with zero attached hydrogens (tertiary/aromatic N) is 1. The number of urea groups is 1. The van der Waals surface area contributed by atoms with Crippen LogP contribution >= 0.6 is 23.1 Å². The van der Waals surface area contributed by atoms with Crippen LogP contribution in [0.15, 0.2) is 32.8 Å². The van der Waals surface area contributed by atoms with Crippen molar-refractivity contribution < 1.29 is 9.59 Å². The molecule has 1 aromatic carbocycles. The van der Waals surface area contributed by atoms with Gasteiger partial charge in [0.15, 0.2) is 4.34 Å². The molecule has 2 aromatic rings. The molecule has 0 aliphatic carbocycles. The minimum absolute atomic E-state index is 0.122. The van der Waals surface area contributed by atoms with Crippen LogP contribution in [0, 0.1) is 13.8 Å². The van der Waals surface area contributed by atoms with E-state index in [-0.39, 0.29) is 11.9 Å². The zero-order valence-corrected chi connectivity index (χ0v) is 15.7. The van der Waals surface area contributed by atoms with Crippen LogP contribution in [0.2, 0.25) is 0 Å². The van der Waals surface area contributed by atoms with Crippen LogP contribution in [0.25, 0.3) is 0 Å². The Morgan fingerprint density at radius 1 is 1.40 bits per heavy atom. The maximum absolute atomic E-state index is 12.1. The lowest BCUT2D eigenvalue weighted by Crippen LogP contribution is -2.51. The van der Waals surface area contributed by atoms with Crippen molar-refractivity contribution in [2.75, 3.05) is 11.9 Å². The van der Waals surface area contributed by atoms with Gasteiger partial charge in [-0.2, -0.15) is 0 Å². The Morgan fingerprint density at radius 2 is 2.24 bits per heavy atom. The zero-order chi connectivity index (χ0) is 17.8. The van der Waals surface area contributed by atoms with E-state index in [9.17, 15) is 9.59 Å². The lowest BCUT2D eigenvalue weighted by atomic mass is 10.1. The summed E-state index contributed by atoms with van der Waals surface area (Å²) in [6.07, 6.45) is 1.54. The zero-order valence-electron chi connectivity index (χ0n) is 14.1. The van der Waals surface area contributed by atoms with Gasteiger partial charge in [-0.15, -0.1) is 11.3 Å². The number of nitrogens with one attached hydrogen (secondary N) is 3. The Hall–Kier alpha value is -2.06. The van der Waals surface area contributed by atoms with Crippen molar-refractivity contribution in [3.63, 3.8) is 0 Å². The summed E-state index contributed by atoms with van der Waals surface area (Å²) in [5.41, 5.74) is 2.71. The van der Waals surface area contributed by atoms with E-state index >= 15 is 0 Å². The molecule has 3 amide bonds. The molecular formula is C17H20N4O2S2. The Bertz CT molecular complexity index is 791. The van der Waals surface area contributed by atoms with Gasteiger partial charge < -0.3 is 16.0 Å². The van der Waals surface area contributed by atoms with Crippen molar-refractivity contribution in [2.24, 2.45) is 0 Å². The average molecular weight is 377 g/mol. The van der Waals surface area contributed by atoms with Crippen LogP contribution in [0.4, 0.5) is 10.5 Å². The summed E-state index contributed by atoms with van der Waals surface area (Å²) in [5, 5.41) is 10.3. The van der Waals surface area contributed by atoms with Gasteiger partial charge in [0.2, 0.25) is 5.91 Å². The van der Waals surface area contributed by atoms with Crippen molar-refractivity contribution in [1.29, 1.82) is 0 Å². The van der Waals surface area contributed by atoms with E-state index in [0.717, 1.165) is 32.6 Å². The molecule has 3 N–H and O–H groups in total. The monoisotopic (exact) mass is 376 g/mol. The third-order valence-electron chi connectivity index (χ3n) is 3.84. The molecule has 1 aliphatic heterocycles. The molecular weight excluding hydrogens is 356 g/mol. The van der Waals surface area contributed by atoms with Crippen LogP contribution in [-0.2, 0) is 4.79 Å². The normalized spacial score (nSPS) is 17.0. The highest BCUT2D eigenvalue weighted by Crippen LogP contribution is 2.32. The summed E-state index contributed by atoms with van der Waals surface area (Å²) in [7, 11) is 0. The topological polar surface area (TPSA) is 83.1 Å². The van der Waals surface area contributed by atoms with Crippen molar-refractivity contribution >= 4 is 40.7 Å². The first-order valence-electron chi connectivity index (χ1n) is 8.07. The Balaban J connectivity index is 1.60. The van der Waals surface area contributed by atoms with Gasteiger partial charge in [0.25, 0.3) is 0 Å². The van der Waals surface area contributed by atoms with E-state index in [1.807, 2.05) is 37.4 Å². The van der Waals surface area contributed by atoms with Gasteiger partial charge >= 0.3 is 6.03 Å². The number of anilines is 1. The summed E-state index contributed by atoms with van der Waals surface area (Å²) in [6, 6.07) is 5.03. The van der Waals surface area contributed by atoms with E-state index in [4.69, 9.17) is 0 Å². The fourth-order valence-corrected chi connectivity index (χ4v) is 4.46. The molecule has 2 heterocycles. The Morgan fingerprint density at radius 3 is 2.92 bits per heavy atom. The molecule has 0 spiro atoms. The third-order valence-corrected chi connectivity index (χ3v) is 5.89. The number of amides is 3. The fourth-order valence-electron chi connectivity index (χ4n) is 2.55. The summed E-state index contributed by atoms with van der Waals surface area (Å²) in [5.74, 6) is -0.122. The molecule has 0 radical (unpaired) electrons. The number of piperidine rings is 1. The summed E-state index contributed by atoms with van der Waals surface area (Å²) >= 11 is 3.22. The number of carbonyl (C=O) groups excluding carboxylic acids is 2. The van der Waals surface area contributed by atoms with Crippen LogP contribution < -0.4 is 16.0 Å². The quantitative estimate of drug-likeness (QED) is 0.764. The molecule has 0 saturated carbocycles. The molecule has 8 heteroatoms. The van der Waals surface area contributed by atoms with E-state index in [1.165, 1.54) is 0 Å². The van der Waals surface area contributed by atoms with E-state index in [0.29, 0.717) is 13.0 Å². The van der Waals surface area contributed by atoms with Gasteiger partial charge in [-0.25, -0.2) is 9.78 Å². The molecule has 1 aliphatic rings. The summed E-state index contributed by atoms with van der Waals surface area (Å²) < 4.78 is 0.999. The second kappa shape index (κ2) is 7.88. The highest BCUT2D eigenvalue weighted by atomic mass is 32.2. The van der Waals surface area contributed by atoms with Crippen molar-refractivity contribution in [2.45, 2.75) is 42.0 Å². The van der Waals surface area contributed by atoms with Crippen molar-refractivity contribution in [3.8, 4) is 0 Å². The molecule has 1 unspecified atom stereocenters. The van der Waals surface area contributed by atoms with Crippen molar-refractivity contribution in [1.82, 2.24) is 15.6 Å². The maximum atomic E-state index is 12.1. The number of benzene rings is 1. The first-order valence-corrected chi connectivity index (χ1v) is 9.77. The molecule has 0 bridgehead atoms. The minimum atomic E-state index is -0.461. The van der Waals surface area contributed by atoms with Gasteiger partial charge in [0, 0.05) is 28.2 Å². The Labute approximate surface area is 154 Å². The largest absolute Gasteiger partial charge is 0.354 e. The van der Waals surface area contributed by atoms with Gasteiger partial charge in [-0.05, 0) is 50.5 Å². The number of aromatic nitrogens is 1. The molecule has 132 valence electrons. The first kappa shape index (κ1) is 17.8. The van der Waals surface area contributed by atoms with Crippen LogP contribution in [0.1, 0.15) is 24.1 Å². The van der Waals surface area contributed by atoms with Crippen molar-refractivity contribution in [3.05, 3.63) is 34.8 Å². The molecule has 1 atom stereocenters. The van der Waals surface area contributed by atoms with Gasteiger partial charge in [-0.3, -0.25) is 4.79 Å². The standard InChI is InChI=1S/C17H20N4O2S2/c1-10-8-12(25-17-19-11(2)9-24-17)5-6-13(10)20-16(23)21-14-4-3-7-18-15(14)22/h5-6,8-9,14H,3-4,7H2,1-2H3,(H,18,22)(H2,20,21,23). The number of hydrogen-bond donors (Lipinski definition) is 3. The highest BCUT2D eigenvalue weighted by molar-refractivity contribution is 8.01. The highest BCUT2D eigenvalue weighted by Gasteiger charge is 2.23. The molecule has 3 rings (SSSR count).